The van der Waals surface area contributed by atoms with Crippen molar-refractivity contribution in [2.75, 3.05) is 20.3 Å². The molecular formula is C21H34ClO2P. The molecule has 0 amide bonds. The van der Waals surface area contributed by atoms with Gasteiger partial charge in [0.1, 0.15) is 0 Å². The summed E-state index contributed by atoms with van der Waals surface area (Å²) in [5.74, 6) is 0. The Balaban J connectivity index is 2.76. The summed E-state index contributed by atoms with van der Waals surface area (Å²) in [4.78, 5) is 0. The molecule has 0 fully saturated rings. The van der Waals surface area contributed by atoms with Crippen molar-refractivity contribution < 1.29 is 9.26 Å². The molecule has 0 aliphatic carbocycles. The average molecular weight is 385 g/mol. The molecule has 1 atom stereocenters. The molecule has 0 spiro atoms. The van der Waals surface area contributed by atoms with Gasteiger partial charge in [0, 0.05) is 19.0 Å². The number of rotatable bonds is 4. The van der Waals surface area contributed by atoms with Crippen LogP contribution >= 0.6 is 18.7 Å². The highest BCUT2D eigenvalue weighted by atomic mass is 35.7. The molecule has 1 aromatic carbocycles. The number of halogens is 1. The second-order valence-corrected chi connectivity index (χ2v) is 11.6. The molecule has 0 N–H and O–H groups in total. The molecule has 2 rings (SSSR count). The Morgan fingerprint density at radius 3 is 2.40 bits per heavy atom. The van der Waals surface area contributed by atoms with Crippen LogP contribution in [-0.2, 0) is 25.5 Å². The van der Waals surface area contributed by atoms with Crippen molar-refractivity contribution in [2.45, 2.75) is 77.6 Å². The molecule has 142 valence electrons. The van der Waals surface area contributed by atoms with Gasteiger partial charge in [0.2, 0.25) is 0 Å². The van der Waals surface area contributed by atoms with Gasteiger partial charge in [0.15, 0.2) is 7.50 Å². The van der Waals surface area contributed by atoms with Crippen molar-refractivity contribution in [3.8, 4) is 0 Å². The molecule has 1 aliphatic heterocycles. The van der Waals surface area contributed by atoms with E-state index in [2.05, 4.69) is 60.6 Å². The van der Waals surface area contributed by atoms with E-state index in [0.717, 1.165) is 26.1 Å². The lowest BCUT2D eigenvalue weighted by atomic mass is 9.72. The van der Waals surface area contributed by atoms with E-state index >= 15 is 0 Å². The lowest BCUT2D eigenvalue weighted by Crippen LogP contribution is -2.33. The summed E-state index contributed by atoms with van der Waals surface area (Å²) in [6.45, 7) is 17.5. The standard InChI is InChI=1S/C21H34ClO2P/c1-19(2,3)15-13-16(20(4,5)9-11-23-8)18-17(14-15)21(6,7)10-12-24-25(18)22/h13-14H,9-12H2,1-8H3. The van der Waals surface area contributed by atoms with Gasteiger partial charge in [-0.3, -0.25) is 0 Å². The summed E-state index contributed by atoms with van der Waals surface area (Å²) in [6, 6.07) is 4.76. The summed E-state index contributed by atoms with van der Waals surface area (Å²) in [5.41, 5.74) is 4.23. The maximum Gasteiger partial charge on any atom is 0.157 e. The van der Waals surface area contributed by atoms with E-state index in [1.807, 2.05) is 0 Å². The third kappa shape index (κ3) is 4.59. The minimum atomic E-state index is -1.11. The predicted molar refractivity (Wildman–Crippen MR) is 111 cm³/mol. The van der Waals surface area contributed by atoms with Crippen LogP contribution in [0, 0.1) is 0 Å². The maximum absolute atomic E-state index is 6.80. The van der Waals surface area contributed by atoms with Crippen LogP contribution in [0.2, 0.25) is 0 Å². The smallest absolute Gasteiger partial charge is 0.157 e. The lowest BCUT2D eigenvalue weighted by Gasteiger charge is -2.35. The van der Waals surface area contributed by atoms with Crippen molar-refractivity contribution in [2.24, 2.45) is 0 Å². The molecular weight excluding hydrogens is 351 g/mol. The normalized spacial score (nSPS) is 20.9. The van der Waals surface area contributed by atoms with Gasteiger partial charge in [-0.15, -0.1) is 0 Å². The second kappa shape index (κ2) is 7.47. The number of ether oxygens (including phenoxy) is 1. The third-order valence-electron chi connectivity index (χ3n) is 5.47. The van der Waals surface area contributed by atoms with Gasteiger partial charge in [0.25, 0.3) is 0 Å². The molecule has 0 aromatic heterocycles. The molecule has 1 aromatic rings. The zero-order valence-corrected chi connectivity index (χ0v) is 18.8. The van der Waals surface area contributed by atoms with Crippen molar-refractivity contribution in [3.05, 3.63) is 28.8 Å². The zero-order valence-electron chi connectivity index (χ0n) is 17.1. The van der Waals surface area contributed by atoms with Gasteiger partial charge in [-0.1, -0.05) is 71.8 Å². The van der Waals surface area contributed by atoms with E-state index in [1.165, 1.54) is 22.0 Å². The number of fused-ring (bicyclic) bond motifs is 1. The minimum Gasteiger partial charge on any atom is -0.385 e. The van der Waals surface area contributed by atoms with E-state index in [1.54, 1.807) is 7.11 Å². The Hall–Kier alpha value is -0.140. The van der Waals surface area contributed by atoms with Gasteiger partial charge in [-0.05, 0) is 45.8 Å². The summed E-state index contributed by atoms with van der Waals surface area (Å²) in [7, 11) is 0.657. The Labute approximate surface area is 160 Å². The predicted octanol–water partition coefficient (Wildman–Crippen LogP) is 6.17. The molecule has 0 radical (unpaired) electrons. The zero-order chi connectivity index (χ0) is 19.0. The quantitative estimate of drug-likeness (QED) is 0.577. The SMILES string of the molecule is COCCC(C)(C)c1cc(C(C)(C)C)cc2c1P(Cl)OCCC2(C)C. The largest absolute Gasteiger partial charge is 0.385 e. The first-order valence-electron chi connectivity index (χ1n) is 9.17. The van der Waals surface area contributed by atoms with E-state index in [0.29, 0.717) is 0 Å². The highest BCUT2D eigenvalue weighted by Gasteiger charge is 2.37. The van der Waals surface area contributed by atoms with Crippen LogP contribution in [0.3, 0.4) is 0 Å². The Bertz CT molecular complexity index is 617. The summed E-state index contributed by atoms with van der Waals surface area (Å²) in [6.07, 6.45) is 1.96. The average Bonchev–Trinajstić information content (AvgIpc) is 2.60. The Morgan fingerprint density at radius 2 is 1.84 bits per heavy atom. The fraction of sp³-hybridized carbons (Fsp3) is 0.714. The van der Waals surface area contributed by atoms with E-state index < -0.39 is 7.50 Å². The fourth-order valence-electron chi connectivity index (χ4n) is 3.36. The van der Waals surface area contributed by atoms with Gasteiger partial charge >= 0.3 is 0 Å². The van der Waals surface area contributed by atoms with Crippen LogP contribution in [0.1, 0.15) is 78.0 Å². The van der Waals surface area contributed by atoms with Gasteiger partial charge < -0.3 is 9.26 Å². The van der Waals surface area contributed by atoms with Gasteiger partial charge in [-0.2, -0.15) is 0 Å². The third-order valence-corrected chi connectivity index (χ3v) is 7.52. The molecule has 1 unspecified atom stereocenters. The first-order chi connectivity index (χ1) is 11.4. The number of methoxy groups -OCH3 is 1. The van der Waals surface area contributed by atoms with Crippen molar-refractivity contribution in [1.29, 1.82) is 0 Å². The van der Waals surface area contributed by atoms with Crippen LogP contribution in [0.4, 0.5) is 0 Å². The first kappa shape index (κ1) is 21.2. The van der Waals surface area contributed by atoms with Crippen LogP contribution < -0.4 is 5.30 Å². The fourth-order valence-corrected chi connectivity index (χ4v) is 5.61. The lowest BCUT2D eigenvalue weighted by molar-refractivity contribution is 0.174. The molecule has 1 aliphatic rings. The second-order valence-electron chi connectivity index (χ2n) is 9.51. The van der Waals surface area contributed by atoms with Crippen LogP contribution in [0.5, 0.6) is 0 Å². The molecule has 25 heavy (non-hydrogen) atoms. The van der Waals surface area contributed by atoms with Gasteiger partial charge in [-0.25, -0.2) is 0 Å². The minimum absolute atomic E-state index is 0.0133. The topological polar surface area (TPSA) is 18.5 Å². The van der Waals surface area contributed by atoms with E-state index in [9.17, 15) is 0 Å². The molecule has 4 heteroatoms. The number of hydrogen-bond acceptors (Lipinski definition) is 2. The van der Waals surface area contributed by atoms with E-state index in [4.69, 9.17) is 20.5 Å². The van der Waals surface area contributed by atoms with Crippen molar-refractivity contribution in [1.82, 2.24) is 0 Å². The summed E-state index contributed by atoms with van der Waals surface area (Å²) >= 11 is 6.80. The summed E-state index contributed by atoms with van der Waals surface area (Å²) < 4.78 is 11.4. The van der Waals surface area contributed by atoms with Crippen molar-refractivity contribution >= 4 is 24.0 Å². The number of benzene rings is 1. The van der Waals surface area contributed by atoms with Crippen LogP contribution in [-0.4, -0.2) is 20.3 Å². The Kier molecular flexibility index (Phi) is 6.32. The first-order valence-corrected chi connectivity index (χ1v) is 11.3. The highest BCUT2D eigenvalue weighted by Crippen LogP contribution is 2.51. The van der Waals surface area contributed by atoms with Crippen LogP contribution in [0.25, 0.3) is 0 Å². The maximum atomic E-state index is 6.80. The Morgan fingerprint density at radius 1 is 1.20 bits per heavy atom. The monoisotopic (exact) mass is 384 g/mol. The molecule has 1 heterocycles. The van der Waals surface area contributed by atoms with Gasteiger partial charge in [0.05, 0.1) is 6.61 Å². The summed E-state index contributed by atoms with van der Waals surface area (Å²) in [5, 5.41) is 1.24. The molecule has 0 bridgehead atoms. The van der Waals surface area contributed by atoms with Crippen molar-refractivity contribution in [3.63, 3.8) is 0 Å². The number of hydrogen-bond donors (Lipinski definition) is 0. The van der Waals surface area contributed by atoms with E-state index in [-0.39, 0.29) is 16.2 Å². The van der Waals surface area contributed by atoms with Crippen LogP contribution in [0.15, 0.2) is 12.1 Å². The molecule has 0 saturated heterocycles. The molecule has 0 saturated carbocycles. The molecule has 2 nitrogen and oxygen atoms in total. The highest BCUT2D eigenvalue weighted by molar-refractivity contribution is 7.86.